The van der Waals surface area contributed by atoms with E-state index >= 15 is 0 Å². The third-order valence-corrected chi connectivity index (χ3v) is 4.31. The van der Waals surface area contributed by atoms with E-state index in [0.29, 0.717) is 13.1 Å². The molecule has 1 rings (SSSR count). The molecule has 0 radical (unpaired) electrons. The second-order valence-corrected chi connectivity index (χ2v) is 6.58. The van der Waals surface area contributed by atoms with Crippen molar-refractivity contribution in [1.29, 1.82) is 0 Å². The van der Waals surface area contributed by atoms with Gasteiger partial charge in [0.15, 0.2) is 0 Å². The summed E-state index contributed by atoms with van der Waals surface area (Å²) in [6, 6.07) is 0. The van der Waals surface area contributed by atoms with Gasteiger partial charge in [0.25, 0.3) is 10.2 Å². The predicted octanol–water partition coefficient (Wildman–Crippen LogP) is 0.454. The zero-order valence-electron chi connectivity index (χ0n) is 11.8. The fourth-order valence-electron chi connectivity index (χ4n) is 2.56. The summed E-state index contributed by atoms with van der Waals surface area (Å²) in [4.78, 5) is 14.1. The Hall–Kier alpha value is -0.660. The van der Waals surface area contributed by atoms with Crippen LogP contribution in [0.5, 0.6) is 0 Å². The molecule has 0 aromatic heterocycles. The van der Waals surface area contributed by atoms with Crippen molar-refractivity contribution in [3.63, 3.8) is 0 Å². The lowest BCUT2D eigenvalue weighted by molar-refractivity contribution is -0.137. The van der Waals surface area contributed by atoms with E-state index in [1.54, 1.807) is 0 Å². The molecule has 1 aliphatic rings. The Balaban J connectivity index is 2.52. The summed E-state index contributed by atoms with van der Waals surface area (Å²) in [7, 11) is -3.64. The Bertz CT molecular complexity index is 393. The topological polar surface area (TPSA) is 92.5 Å². The Morgan fingerprint density at radius 2 is 2.05 bits per heavy atom. The molecular weight excluding hydrogens is 266 g/mol. The summed E-state index contributed by atoms with van der Waals surface area (Å²) in [5.74, 6) is 0.445. The molecular formula is C12H25N3O3S. The van der Waals surface area contributed by atoms with Gasteiger partial charge in [0.05, 0.1) is 0 Å². The summed E-state index contributed by atoms with van der Waals surface area (Å²) in [6.45, 7) is 5.76. The number of nitrogens with one attached hydrogen (secondary N) is 1. The number of nitrogens with two attached hydrogens (primary N) is 1. The normalized spacial score (nSPS) is 20.8. The van der Waals surface area contributed by atoms with Crippen molar-refractivity contribution in [3.8, 4) is 0 Å². The molecule has 19 heavy (non-hydrogen) atoms. The van der Waals surface area contributed by atoms with Crippen LogP contribution in [0.3, 0.4) is 0 Å². The Morgan fingerprint density at radius 1 is 1.42 bits per heavy atom. The Labute approximate surface area is 115 Å². The average Bonchev–Trinajstić information content (AvgIpc) is 2.37. The van der Waals surface area contributed by atoms with Crippen LogP contribution >= 0.6 is 0 Å². The summed E-state index contributed by atoms with van der Waals surface area (Å²) >= 11 is 0. The van der Waals surface area contributed by atoms with Crippen LogP contribution in [0.4, 0.5) is 0 Å². The molecule has 1 heterocycles. The minimum atomic E-state index is -3.64. The van der Waals surface area contributed by atoms with Gasteiger partial charge >= 0.3 is 0 Å². The molecule has 0 bridgehead atoms. The van der Waals surface area contributed by atoms with Crippen LogP contribution in [-0.4, -0.2) is 38.9 Å². The third-order valence-electron chi connectivity index (χ3n) is 3.74. The monoisotopic (exact) mass is 291 g/mol. The molecule has 0 spiro atoms. The lowest BCUT2D eigenvalue weighted by atomic mass is 9.95. The second-order valence-electron chi connectivity index (χ2n) is 5.20. The summed E-state index contributed by atoms with van der Waals surface area (Å²) in [6.07, 6.45) is 3.55. The van der Waals surface area contributed by atoms with Crippen molar-refractivity contribution in [1.82, 2.24) is 9.62 Å². The highest BCUT2D eigenvalue weighted by Crippen LogP contribution is 2.20. The predicted molar refractivity (Wildman–Crippen MR) is 74.5 cm³/mol. The zero-order chi connectivity index (χ0) is 14.5. The van der Waals surface area contributed by atoms with E-state index < -0.39 is 10.2 Å². The third kappa shape index (κ3) is 5.46. The molecule has 0 aromatic rings. The number of carbonyl (C=O) groups excluding carboxylic acids is 1. The van der Waals surface area contributed by atoms with Crippen LogP contribution in [0.15, 0.2) is 0 Å². The maximum atomic E-state index is 12.3. The first-order valence-electron chi connectivity index (χ1n) is 6.93. The highest BCUT2D eigenvalue weighted by atomic mass is 32.2. The lowest BCUT2D eigenvalue weighted by Gasteiger charge is -2.34. The van der Waals surface area contributed by atoms with Gasteiger partial charge in [-0.15, -0.1) is 0 Å². The number of nitrogens with zero attached hydrogens (tertiary/aromatic N) is 1. The molecule has 112 valence electrons. The van der Waals surface area contributed by atoms with E-state index in [1.807, 2.05) is 18.7 Å². The molecule has 0 saturated carbocycles. The van der Waals surface area contributed by atoms with E-state index in [0.717, 1.165) is 32.2 Å². The molecule has 6 nitrogen and oxygen atoms in total. The van der Waals surface area contributed by atoms with Crippen LogP contribution in [0, 0.1) is 11.8 Å². The fraction of sp³-hybridized carbons (Fsp3) is 0.917. The highest BCUT2D eigenvalue weighted by Gasteiger charge is 2.27. The van der Waals surface area contributed by atoms with E-state index in [2.05, 4.69) is 4.72 Å². The number of carbonyl (C=O) groups is 1. The first-order valence-corrected chi connectivity index (χ1v) is 8.48. The van der Waals surface area contributed by atoms with Crippen molar-refractivity contribution in [2.45, 2.75) is 39.5 Å². The van der Waals surface area contributed by atoms with Crippen LogP contribution in [0.2, 0.25) is 0 Å². The number of hydrogen-bond acceptors (Lipinski definition) is 3. The number of amides is 1. The Morgan fingerprint density at radius 3 is 2.58 bits per heavy atom. The van der Waals surface area contributed by atoms with Gasteiger partial charge in [-0.1, -0.05) is 13.8 Å². The van der Waals surface area contributed by atoms with Gasteiger partial charge in [-0.05, 0) is 31.6 Å². The van der Waals surface area contributed by atoms with Crippen LogP contribution in [-0.2, 0) is 15.0 Å². The summed E-state index contributed by atoms with van der Waals surface area (Å²) in [5, 5.41) is 4.92. The van der Waals surface area contributed by atoms with E-state index in [1.165, 1.54) is 0 Å². The average molecular weight is 291 g/mol. The molecule has 1 saturated heterocycles. The van der Waals surface area contributed by atoms with Gasteiger partial charge in [0.2, 0.25) is 5.91 Å². The van der Waals surface area contributed by atoms with E-state index in [-0.39, 0.29) is 17.7 Å². The van der Waals surface area contributed by atoms with Crippen LogP contribution in [0.1, 0.15) is 39.5 Å². The summed E-state index contributed by atoms with van der Waals surface area (Å²) < 4.78 is 24.1. The quantitative estimate of drug-likeness (QED) is 0.744. The molecule has 3 N–H and O–H groups in total. The second kappa shape index (κ2) is 7.21. The maximum absolute atomic E-state index is 12.3. The van der Waals surface area contributed by atoms with Gasteiger partial charge in [0.1, 0.15) is 0 Å². The lowest BCUT2D eigenvalue weighted by Crippen LogP contribution is -2.46. The van der Waals surface area contributed by atoms with Crippen LogP contribution < -0.4 is 9.86 Å². The van der Waals surface area contributed by atoms with E-state index in [9.17, 15) is 13.2 Å². The van der Waals surface area contributed by atoms with Gasteiger partial charge in [-0.2, -0.15) is 8.42 Å². The van der Waals surface area contributed by atoms with Gasteiger partial charge in [-0.25, -0.2) is 9.86 Å². The molecule has 1 amide bonds. The molecule has 1 aliphatic heterocycles. The van der Waals surface area contributed by atoms with Gasteiger partial charge in [-0.3, -0.25) is 4.79 Å². The first-order chi connectivity index (χ1) is 8.87. The Kier molecular flexibility index (Phi) is 6.22. The maximum Gasteiger partial charge on any atom is 0.274 e. The largest absolute Gasteiger partial charge is 0.342 e. The fourth-order valence-corrected chi connectivity index (χ4v) is 3.03. The SMILES string of the molecule is CCC(CC)C(=O)N1CCCC(CNS(N)(=O)=O)C1. The van der Waals surface area contributed by atoms with Gasteiger partial charge in [0, 0.05) is 25.6 Å². The molecule has 0 aliphatic carbocycles. The zero-order valence-corrected chi connectivity index (χ0v) is 12.6. The molecule has 1 fully saturated rings. The number of piperidine rings is 1. The number of rotatable bonds is 6. The number of hydrogen-bond donors (Lipinski definition) is 2. The number of likely N-dealkylation sites (tertiary alicyclic amines) is 1. The smallest absolute Gasteiger partial charge is 0.274 e. The molecule has 7 heteroatoms. The van der Waals surface area contributed by atoms with Gasteiger partial charge < -0.3 is 4.90 Å². The van der Waals surface area contributed by atoms with Crippen molar-refractivity contribution in [2.75, 3.05) is 19.6 Å². The van der Waals surface area contributed by atoms with E-state index in [4.69, 9.17) is 5.14 Å². The van der Waals surface area contributed by atoms with Crippen molar-refractivity contribution in [2.24, 2.45) is 17.0 Å². The molecule has 0 aromatic carbocycles. The van der Waals surface area contributed by atoms with Crippen molar-refractivity contribution in [3.05, 3.63) is 0 Å². The van der Waals surface area contributed by atoms with Crippen molar-refractivity contribution < 1.29 is 13.2 Å². The molecule has 1 atom stereocenters. The minimum absolute atomic E-state index is 0.0879. The van der Waals surface area contributed by atoms with Crippen molar-refractivity contribution >= 4 is 16.1 Å². The van der Waals surface area contributed by atoms with Crippen LogP contribution in [0.25, 0.3) is 0 Å². The minimum Gasteiger partial charge on any atom is -0.342 e. The molecule has 1 unspecified atom stereocenters. The standard InChI is InChI=1S/C12H25N3O3S/c1-3-11(4-2)12(16)15-7-5-6-10(9-15)8-14-19(13,17)18/h10-11,14H,3-9H2,1-2H3,(H2,13,17,18). The summed E-state index contributed by atoms with van der Waals surface area (Å²) in [5.41, 5.74) is 0. The highest BCUT2D eigenvalue weighted by molar-refractivity contribution is 7.87. The first kappa shape index (κ1) is 16.4.